The van der Waals surface area contributed by atoms with Crippen LogP contribution < -0.4 is 15.2 Å². The highest BCUT2D eigenvalue weighted by Gasteiger charge is 2.25. The molecule has 1 aliphatic rings. The van der Waals surface area contributed by atoms with Crippen molar-refractivity contribution in [2.75, 3.05) is 6.79 Å². The lowest BCUT2D eigenvalue weighted by Crippen LogP contribution is -2.36. The Kier molecular flexibility index (Phi) is 2.67. The van der Waals surface area contributed by atoms with Gasteiger partial charge in [-0.1, -0.05) is 6.07 Å². The molecule has 0 amide bonds. The largest absolute Gasteiger partial charge is 0.480 e. The van der Waals surface area contributed by atoms with Gasteiger partial charge in [0.05, 0.1) is 0 Å². The van der Waals surface area contributed by atoms with E-state index >= 15 is 0 Å². The number of hydrogen-bond donors (Lipinski definition) is 3. The van der Waals surface area contributed by atoms with E-state index in [9.17, 15) is 9.90 Å². The fraction of sp³-hybridized carbons (Fsp3) is 0.300. The summed E-state index contributed by atoms with van der Waals surface area (Å²) in [6, 6.07) is 3.33. The van der Waals surface area contributed by atoms with E-state index in [4.69, 9.17) is 20.3 Å². The molecule has 4 N–H and O–H groups in total. The summed E-state index contributed by atoms with van der Waals surface area (Å²) in [6.07, 6.45) is -1.27. The Hall–Kier alpha value is -1.79. The van der Waals surface area contributed by atoms with E-state index in [1.165, 1.54) is 6.07 Å². The minimum Gasteiger partial charge on any atom is -0.480 e. The molecule has 1 aromatic carbocycles. The third-order valence-electron chi connectivity index (χ3n) is 2.36. The maximum absolute atomic E-state index is 10.6. The van der Waals surface area contributed by atoms with Crippen molar-refractivity contribution in [1.82, 2.24) is 0 Å². The van der Waals surface area contributed by atoms with Crippen LogP contribution in [0.5, 0.6) is 11.5 Å². The predicted molar refractivity (Wildman–Crippen MR) is 53.1 cm³/mol. The molecule has 1 aromatic rings. The fourth-order valence-electron chi connectivity index (χ4n) is 1.44. The first kappa shape index (κ1) is 10.7. The highest BCUT2D eigenvalue weighted by molar-refractivity contribution is 5.74. The summed E-state index contributed by atoms with van der Waals surface area (Å²) in [7, 11) is 0. The lowest BCUT2D eigenvalue weighted by atomic mass is 10.0. The third-order valence-corrected chi connectivity index (χ3v) is 2.36. The topological polar surface area (TPSA) is 102 Å². The molecule has 0 aliphatic carbocycles. The Labute approximate surface area is 91.2 Å². The van der Waals surface area contributed by atoms with E-state index < -0.39 is 18.1 Å². The number of aliphatic hydroxyl groups is 1. The van der Waals surface area contributed by atoms with Gasteiger partial charge in [-0.2, -0.15) is 0 Å². The van der Waals surface area contributed by atoms with Gasteiger partial charge in [0.1, 0.15) is 12.1 Å². The van der Waals surface area contributed by atoms with Gasteiger partial charge in [-0.05, 0) is 17.7 Å². The number of aliphatic carboxylic acids is 1. The van der Waals surface area contributed by atoms with E-state index in [0.29, 0.717) is 17.1 Å². The van der Waals surface area contributed by atoms with E-state index in [2.05, 4.69) is 0 Å². The first-order valence-corrected chi connectivity index (χ1v) is 4.65. The molecule has 0 saturated heterocycles. The van der Waals surface area contributed by atoms with Crippen molar-refractivity contribution in [1.29, 1.82) is 0 Å². The van der Waals surface area contributed by atoms with Crippen molar-refractivity contribution in [2.24, 2.45) is 5.73 Å². The summed E-state index contributed by atoms with van der Waals surface area (Å²) >= 11 is 0. The number of nitrogens with two attached hydrogens (primary N) is 1. The number of carboxylic acids is 1. The lowest BCUT2D eigenvalue weighted by Gasteiger charge is -2.15. The Morgan fingerprint density at radius 3 is 2.75 bits per heavy atom. The average molecular weight is 225 g/mol. The van der Waals surface area contributed by atoms with Crippen molar-refractivity contribution in [3.8, 4) is 11.5 Å². The van der Waals surface area contributed by atoms with Crippen LogP contribution in [0.25, 0.3) is 0 Å². The molecular weight excluding hydrogens is 214 g/mol. The molecule has 1 unspecified atom stereocenters. The summed E-state index contributed by atoms with van der Waals surface area (Å²) in [5, 5.41) is 18.4. The van der Waals surface area contributed by atoms with Gasteiger partial charge in [-0.25, -0.2) is 0 Å². The monoisotopic (exact) mass is 225 g/mol. The first-order valence-electron chi connectivity index (χ1n) is 4.65. The van der Waals surface area contributed by atoms with Gasteiger partial charge >= 0.3 is 5.97 Å². The molecule has 6 nitrogen and oxygen atoms in total. The number of carbonyl (C=O) groups is 1. The second kappa shape index (κ2) is 3.99. The van der Waals surface area contributed by atoms with Crippen LogP contribution in [0.3, 0.4) is 0 Å². The van der Waals surface area contributed by atoms with Gasteiger partial charge < -0.3 is 25.4 Å². The minimum absolute atomic E-state index is 0.125. The second-order valence-corrected chi connectivity index (χ2v) is 3.42. The SMILES string of the molecule is N[C@H](C(=O)O)C(O)c1ccc2c(c1)OCO2. The van der Waals surface area contributed by atoms with Crippen molar-refractivity contribution in [3.63, 3.8) is 0 Å². The fourth-order valence-corrected chi connectivity index (χ4v) is 1.44. The molecular formula is C10H11NO5. The highest BCUT2D eigenvalue weighted by atomic mass is 16.7. The first-order chi connectivity index (χ1) is 7.59. The molecule has 1 heterocycles. The number of carboxylic acid groups (broad SMARTS) is 1. The number of aliphatic hydroxyl groups excluding tert-OH is 1. The van der Waals surface area contributed by atoms with Crippen LogP contribution in [0.1, 0.15) is 11.7 Å². The molecule has 16 heavy (non-hydrogen) atoms. The second-order valence-electron chi connectivity index (χ2n) is 3.42. The summed E-state index contributed by atoms with van der Waals surface area (Å²) in [5.74, 6) is -0.209. The van der Waals surface area contributed by atoms with Crippen LogP contribution in [0, 0.1) is 0 Å². The van der Waals surface area contributed by atoms with E-state index in [-0.39, 0.29) is 6.79 Å². The normalized spacial score (nSPS) is 16.9. The van der Waals surface area contributed by atoms with Crippen LogP contribution in [0.15, 0.2) is 18.2 Å². The Balaban J connectivity index is 2.24. The molecule has 0 bridgehead atoms. The van der Waals surface area contributed by atoms with E-state index in [1.807, 2.05) is 0 Å². The van der Waals surface area contributed by atoms with Crippen LogP contribution in [-0.4, -0.2) is 29.0 Å². The van der Waals surface area contributed by atoms with Gasteiger partial charge in [0.2, 0.25) is 6.79 Å². The zero-order chi connectivity index (χ0) is 11.7. The average Bonchev–Trinajstić information content (AvgIpc) is 2.73. The predicted octanol–water partition coefficient (Wildman–Crippen LogP) is -0.139. The Morgan fingerprint density at radius 2 is 2.06 bits per heavy atom. The van der Waals surface area contributed by atoms with E-state index in [1.54, 1.807) is 12.1 Å². The van der Waals surface area contributed by atoms with Crippen molar-refractivity contribution >= 4 is 5.97 Å². The summed E-state index contributed by atoms with van der Waals surface area (Å²) in [5.41, 5.74) is 5.70. The number of ether oxygens (including phenoxy) is 2. The summed E-state index contributed by atoms with van der Waals surface area (Å²) in [4.78, 5) is 10.6. The molecule has 0 aromatic heterocycles. The maximum atomic E-state index is 10.6. The molecule has 6 heteroatoms. The Morgan fingerprint density at radius 1 is 1.38 bits per heavy atom. The smallest absolute Gasteiger partial charge is 0.323 e. The molecule has 0 saturated carbocycles. The van der Waals surface area contributed by atoms with Gasteiger partial charge in [0, 0.05) is 0 Å². The number of fused-ring (bicyclic) bond motifs is 1. The highest BCUT2D eigenvalue weighted by Crippen LogP contribution is 2.34. The van der Waals surface area contributed by atoms with Gasteiger partial charge in [-0.15, -0.1) is 0 Å². The zero-order valence-electron chi connectivity index (χ0n) is 8.29. The van der Waals surface area contributed by atoms with Crippen LogP contribution in [-0.2, 0) is 4.79 Å². The van der Waals surface area contributed by atoms with Crippen LogP contribution >= 0.6 is 0 Å². The van der Waals surface area contributed by atoms with Crippen LogP contribution in [0.2, 0.25) is 0 Å². The third kappa shape index (κ3) is 1.80. The maximum Gasteiger partial charge on any atom is 0.323 e. The zero-order valence-corrected chi connectivity index (χ0v) is 8.29. The molecule has 2 atom stereocenters. The van der Waals surface area contributed by atoms with Crippen LogP contribution in [0.4, 0.5) is 0 Å². The summed E-state index contributed by atoms with van der Waals surface area (Å²) < 4.78 is 10.2. The number of benzene rings is 1. The summed E-state index contributed by atoms with van der Waals surface area (Å²) in [6.45, 7) is 0.125. The quantitative estimate of drug-likeness (QED) is 0.661. The van der Waals surface area contributed by atoms with Crippen molar-refractivity contribution < 1.29 is 24.5 Å². The molecule has 0 spiro atoms. The lowest BCUT2D eigenvalue weighted by molar-refractivity contribution is -0.141. The van der Waals surface area contributed by atoms with Crippen molar-refractivity contribution in [3.05, 3.63) is 23.8 Å². The number of rotatable bonds is 3. The molecule has 86 valence electrons. The molecule has 2 rings (SSSR count). The van der Waals surface area contributed by atoms with Gasteiger partial charge in [-0.3, -0.25) is 4.79 Å². The van der Waals surface area contributed by atoms with Crippen molar-refractivity contribution in [2.45, 2.75) is 12.1 Å². The number of hydrogen-bond acceptors (Lipinski definition) is 5. The Bertz CT molecular complexity index is 420. The standard InChI is InChI=1S/C10H11NO5/c11-8(10(13)14)9(12)5-1-2-6-7(3-5)16-4-15-6/h1-3,8-9,12H,4,11H2,(H,13,14)/t8-,9?/m0/s1. The molecule has 1 aliphatic heterocycles. The minimum atomic E-state index is -1.36. The molecule has 0 fully saturated rings. The van der Waals surface area contributed by atoms with Gasteiger partial charge in [0.25, 0.3) is 0 Å². The molecule has 0 radical (unpaired) electrons. The van der Waals surface area contributed by atoms with Gasteiger partial charge in [0.15, 0.2) is 11.5 Å². The van der Waals surface area contributed by atoms with E-state index in [0.717, 1.165) is 0 Å².